The Balaban J connectivity index is 2.75. The van der Waals surface area contributed by atoms with Crippen LogP contribution in [-0.4, -0.2) is 33.8 Å². The van der Waals surface area contributed by atoms with E-state index >= 15 is 0 Å². The van der Waals surface area contributed by atoms with E-state index in [-0.39, 0.29) is 6.61 Å². The van der Waals surface area contributed by atoms with Crippen LogP contribution in [0.15, 0.2) is 18.3 Å². The number of hydrogen-bond donors (Lipinski definition) is 1. The molecule has 0 aliphatic rings. The molecule has 0 aromatic carbocycles. The fourth-order valence-electron chi connectivity index (χ4n) is 1.15. The lowest BCUT2D eigenvalue weighted by Gasteiger charge is -2.10. The van der Waals surface area contributed by atoms with E-state index in [1.54, 1.807) is 4.68 Å². The Kier molecular flexibility index (Phi) is 3.79. The summed E-state index contributed by atoms with van der Waals surface area (Å²) in [5.74, 6) is 0. The Morgan fingerprint density at radius 3 is 3.07 bits per heavy atom. The summed E-state index contributed by atoms with van der Waals surface area (Å²) in [4.78, 5) is 0. The quantitative estimate of drug-likeness (QED) is 0.700. The van der Waals surface area contributed by atoms with Crippen molar-refractivity contribution in [2.75, 3.05) is 13.7 Å². The van der Waals surface area contributed by atoms with Gasteiger partial charge in [-0.3, -0.25) is 0 Å². The molecule has 0 fully saturated rings. The number of aliphatic hydroxyl groups excluding tert-OH is 1. The molecule has 0 bridgehead atoms. The van der Waals surface area contributed by atoms with E-state index in [1.165, 1.54) is 13.3 Å². The average Bonchev–Trinajstić information content (AvgIpc) is 2.51. The maximum absolute atomic E-state index is 9.65. The van der Waals surface area contributed by atoms with E-state index in [4.69, 9.17) is 4.74 Å². The number of allylic oxidation sites excluding steroid dienone is 1. The normalized spacial score (nSPS) is 12.8. The zero-order valence-corrected chi connectivity index (χ0v) is 8.47. The molecule has 0 spiro atoms. The van der Waals surface area contributed by atoms with Crippen LogP contribution in [0, 0.1) is 0 Å². The molecule has 1 rings (SSSR count). The summed E-state index contributed by atoms with van der Waals surface area (Å²) in [7, 11) is 1.54. The Labute approximate surface area is 83.0 Å². The third-order valence-electron chi connectivity index (χ3n) is 1.73. The largest absolute Gasteiger partial charge is 0.384 e. The Hall–Kier alpha value is -1.20. The van der Waals surface area contributed by atoms with Crippen LogP contribution in [0.25, 0.3) is 0 Å². The molecule has 1 atom stereocenters. The lowest BCUT2D eigenvalue weighted by Crippen LogP contribution is -2.13. The van der Waals surface area contributed by atoms with Crippen LogP contribution in [-0.2, 0) is 11.3 Å². The van der Waals surface area contributed by atoms with Crippen LogP contribution in [0.4, 0.5) is 0 Å². The maximum atomic E-state index is 9.65. The van der Waals surface area contributed by atoms with E-state index in [1.807, 2.05) is 6.92 Å². The van der Waals surface area contributed by atoms with Gasteiger partial charge >= 0.3 is 0 Å². The van der Waals surface area contributed by atoms with Crippen LogP contribution in [0.5, 0.6) is 0 Å². The van der Waals surface area contributed by atoms with Gasteiger partial charge in [-0.05, 0) is 6.92 Å². The number of hydrogen-bond acceptors (Lipinski definition) is 4. The number of aliphatic hydroxyl groups is 1. The molecule has 0 amide bonds. The van der Waals surface area contributed by atoms with Crippen molar-refractivity contribution in [2.24, 2.45) is 0 Å². The minimum absolute atomic E-state index is 0.240. The molecule has 5 nitrogen and oxygen atoms in total. The molecule has 0 radical (unpaired) electrons. The number of aromatic nitrogens is 3. The first-order valence-corrected chi connectivity index (χ1v) is 4.35. The highest BCUT2D eigenvalue weighted by Crippen LogP contribution is 2.11. The molecule has 1 N–H and O–H groups in total. The number of ether oxygens (including phenoxy) is 1. The van der Waals surface area contributed by atoms with Gasteiger partial charge in [-0.15, -0.1) is 5.10 Å². The molecule has 0 aliphatic heterocycles. The summed E-state index contributed by atoms with van der Waals surface area (Å²) in [6.07, 6.45) is 0.849. The molecule has 0 saturated heterocycles. The van der Waals surface area contributed by atoms with Crippen LogP contribution in [0.1, 0.15) is 18.7 Å². The van der Waals surface area contributed by atoms with Crippen molar-refractivity contribution in [2.45, 2.75) is 19.6 Å². The standard InChI is InChI=1S/C9H15N3O2/c1-7(2)5-12-8(4-10-11-12)9(13)6-14-3/h4,9,13H,1,5-6H2,2-3H3/t9-/m1/s1. The molecular weight excluding hydrogens is 182 g/mol. The van der Waals surface area contributed by atoms with Crippen molar-refractivity contribution in [1.82, 2.24) is 15.0 Å². The summed E-state index contributed by atoms with van der Waals surface area (Å²) < 4.78 is 6.46. The molecule has 1 aromatic heterocycles. The van der Waals surface area contributed by atoms with Crippen LogP contribution in [0.2, 0.25) is 0 Å². The molecule has 0 aliphatic carbocycles. The van der Waals surface area contributed by atoms with E-state index < -0.39 is 6.10 Å². The molecular formula is C9H15N3O2. The zero-order chi connectivity index (χ0) is 10.6. The Morgan fingerprint density at radius 2 is 2.50 bits per heavy atom. The highest BCUT2D eigenvalue weighted by atomic mass is 16.5. The second kappa shape index (κ2) is 4.88. The van der Waals surface area contributed by atoms with Crippen molar-refractivity contribution >= 4 is 0 Å². The lowest BCUT2D eigenvalue weighted by molar-refractivity contribution is 0.0588. The first-order chi connectivity index (χ1) is 6.65. The summed E-state index contributed by atoms with van der Waals surface area (Å²) in [5, 5.41) is 17.2. The zero-order valence-electron chi connectivity index (χ0n) is 8.47. The number of rotatable bonds is 5. The van der Waals surface area contributed by atoms with Gasteiger partial charge in [0.1, 0.15) is 6.10 Å². The van der Waals surface area contributed by atoms with Crippen molar-refractivity contribution in [3.8, 4) is 0 Å². The molecule has 78 valence electrons. The summed E-state index contributed by atoms with van der Waals surface area (Å²) >= 11 is 0. The van der Waals surface area contributed by atoms with Gasteiger partial charge in [0.15, 0.2) is 0 Å². The number of methoxy groups -OCH3 is 1. The molecule has 5 heteroatoms. The minimum Gasteiger partial charge on any atom is -0.384 e. The summed E-state index contributed by atoms with van der Waals surface area (Å²) in [6, 6.07) is 0. The lowest BCUT2D eigenvalue weighted by atomic mass is 10.2. The van der Waals surface area contributed by atoms with Crippen LogP contribution in [0.3, 0.4) is 0 Å². The summed E-state index contributed by atoms with van der Waals surface area (Å²) in [6.45, 7) is 6.48. The van der Waals surface area contributed by atoms with E-state index in [2.05, 4.69) is 16.9 Å². The Morgan fingerprint density at radius 1 is 1.79 bits per heavy atom. The highest BCUT2D eigenvalue weighted by Gasteiger charge is 2.13. The van der Waals surface area contributed by atoms with Gasteiger partial charge in [-0.2, -0.15) is 0 Å². The molecule has 0 saturated carbocycles. The highest BCUT2D eigenvalue weighted by molar-refractivity contribution is 5.02. The van der Waals surface area contributed by atoms with Crippen molar-refractivity contribution in [3.63, 3.8) is 0 Å². The third kappa shape index (κ3) is 2.65. The van der Waals surface area contributed by atoms with Crippen molar-refractivity contribution in [3.05, 3.63) is 24.0 Å². The molecule has 1 heterocycles. The molecule has 0 unspecified atom stereocenters. The molecule has 14 heavy (non-hydrogen) atoms. The fourth-order valence-corrected chi connectivity index (χ4v) is 1.15. The monoisotopic (exact) mass is 197 g/mol. The summed E-state index contributed by atoms with van der Waals surface area (Å²) in [5.41, 5.74) is 1.61. The van der Waals surface area contributed by atoms with Gasteiger partial charge < -0.3 is 9.84 Å². The average molecular weight is 197 g/mol. The molecule has 1 aromatic rings. The van der Waals surface area contributed by atoms with Crippen LogP contribution < -0.4 is 0 Å². The van der Waals surface area contributed by atoms with Crippen molar-refractivity contribution < 1.29 is 9.84 Å². The SMILES string of the molecule is C=C(C)Cn1nncc1[C@H](O)COC. The number of nitrogens with zero attached hydrogens (tertiary/aromatic N) is 3. The van der Waals surface area contributed by atoms with E-state index in [9.17, 15) is 5.11 Å². The second-order valence-corrected chi connectivity index (χ2v) is 3.24. The second-order valence-electron chi connectivity index (χ2n) is 3.24. The predicted molar refractivity (Wildman–Crippen MR) is 51.7 cm³/mol. The van der Waals surface area contributed by atoms with Gasteiger partial charge in [0.2, 0.25) is 0 Å². The van der Waals surface area contributed by atoms with Gasteiger partial charge in [0.05, 0.1) is 25.0 Å². The first-order valence-electron chi connectivity index (χ1n) is 4.35. The third-order valence-corrected chi connectivity index (χ3v) is 1.73. The Bertz CT molecular complexity index is 309. The topological polar surface area (TPSA) is 60.2 Å². The van der Waals surface area contributed by atoms with Gasteiger partial charge in [-0.1, -0.05) is 17.4 Å². The first kappa shape index (κ1) is 10.9. The van der Waals surface area contributed by atoms with Crippen molar-refractivity contribution in [1.29, 1.82) is 0 Å². The predicted octanol–water partition coefficient (Wildman–Crippen LogP) is 0.534. The van der Waals surface area contributed by atoms with Gasteiger partial charge in [0, 0.05) is 7.11 Å². The van der Waals surface area contributed by atoms with Gasteiger partial charge in [0.25, 0.3) is 0 Å². The van der Waals surface area contributed by atoms with E-state index in [0.29, 0.717) is 12.2 Å². The van der Waals surface area contributed by atoms with E-state index in [0.717, 1.165) is 5.57 Å². The fraction of sp³-hybridized carbons (Fsp3) is 0.556. The maximum Gasteiger partial charge on any atom is 0.120 e. The van der Waals surface area contributed by atoms with Crippen LogP contribution >= 0.6 is 0 Å². The smallest absolute Gasteiger partial charge is 0.120 e. The van der Waals surface area contributed by atoms with Gasteiger partial charge in [-0.25, -0.2) is 4.68 Å². The minimum atomic E-state index is -0.686.